The van der Waals surface area contributed by atoms with E-state index in [1.54, 1.807) is 0 Å². The Morgan fingerprint density at radius 2 is 1.85 bits per heavy atom. The molecule has 1 rings (SSSR count). The molecule has 1 aliphatic rings. The molecule has 1 N–H and O–H groups in total. The Morgan fingerprint density at radius 1 is 1.23 bits per heavy atom. The molecule has 78 valence electrons. The molecule has 0 bridgehead atoms. The highest BCUT2D eigenvalue weighted by Crippen LogP contribution is 2.27. The molecule has 1 nitrogen and oxygen atoms in total. The van der Waals surface area contributed by atoms with E-state index in [2.05, 4.69) is 26.1 Å². The first kappa shape index (κ1) is 11.0. The van der Waals surface area contributed by atoms with Gasteiger partial charge in [0.25, 0.3) is 0 Å². The summed E-state index contributed by atoms with van der Waals surface area (Å²) in [6.07, 6.45) is 7.12. The van der Waals surface area contributed by atoms with Gasteiger partial charge in [-0.2, -0.15) is 0 Å². The van der Waals surface area contributed by atoms with Gasteiger partial charge in [-0.05, 0) is 38.1 Å². The second-order valence-corrected chi connectivity index (χ2v) is 4.75. The van der Waals surface area contributed by atoms with Crippen molar-refractivity contribution in [2.24, 2.45) is 11.8 Å². The number of nitrogens with one attached hydrogen (secondary N) is 1. The van der Waals surface area contributed by atoms with Crippen molar-refractivity contribution in [2.45, 2.75) is 58.9 Å². The monoisotopic (exact) mass is 183 g/mol. The summed E-state index contributed by atoms with van der Waals surface area (Å²) in [5.41, 5.74) is 0. The summed E-state index contributed by atoms with van der Waals surface area (Å²) in [5.74, 6) is 1.80. The van der Waals surface area contributed by atoms with Gasteiger partial charge in [0.05, 0.1) is 0 Å². The van der Waals surface area contributed by atoms with Crippen LogP contribution in [0.25, 0.3) is 0 Å². The zero-order valence-electron chi connectivity index (χ0n) is 9.47. The summed E-state index contributed by atoms with van der Waals surface area (Å²) in [5, 5.41) is 3.68. The van der Waals surface area contributed by atoms with Crippen LogP contribution in [0.15, 0.2) is 0 Å². The van der Waals surface area contributed by atoms with Crippen LogP contribution in [0.5, 0.6) is 0 Å². The van der Waals surface area contributed by atoms with Gasteiger partial charge in [-0.3, -0.25) is 0 Å². The molecule has 0 aromatic carbocycles. The van der Waals surface area contributed by atoms with E-state index >= 15 is 0 Å². The first-order valence-corrected chi connectivity index (χ1v) is 5.97. The molecule has 0 aromatic heterocycles. The van der Waals surface area contributed by atoms with Crippen LogP contribution in [-0.2, 0) is 0 Å². The van der Waals surface area contributed by atoms with Gasteiger partial charge < -0.3 is 5.32 Å². The quantitative estimate of drug-likeness (QED) is 0.690. The average Bonchev–Trinajstić information content (AvgIpc) is 2.66. The fourth-order valence-electron chi connectivity index (χ4n) is 2.16. The molecule has 0 spiro atoms. The smallest absolute Gasteiger partial charge is 0.00671 e. The molecule has 0 heterocycles. The number of hydrogen-bond acceptors (Lipinski definition) is 1. The zero-order valence-corrected chi connectivity index (χ0v) is 9.47. The summed E-state index contributed by atoms with van der Waals surface area (Å²) in [6.45, 7) is 8.16. The van der Waals surface area contributed by atoms with Crippen LogP contribution in [0.2, 0.25) is 0 Å². The average molecular weight is 183 g/mol. The third kappa shape index (κ3) is 3.68. The van der Waals surface area contributed by atoms with E-state index in [1.807, 2.05) is 0 Å². The van der Waals surface area contributed by atoms with Gasteiger partial charge in [-0.15, -0.1) is 0 Å². The van der Waals surface area contributed by atoms with Crippen LogP contribution in [0.1, 0.15) is 52.9 Å². The third-order valence-corrected chi connectivity index (χ3v) is 3.59. The van der Waals surface area contributed by atoms with Crippen LogP contribution in [-0.4, -0.2) is 12.6 Å². The molecule has 0 radical (unpaired) electrons. The van der Waals surface area contributed by atoms with Crippen LogP contribution in [0, 0.1) is 11.8 Å². The zero-order chi connectivity index (χ0) is 9.68. The number of hydrogen-bond donors (Lipinski definition) is 1. The van der Waals surface area contributed by atoms with E-state index < -0.39 is 0 Å². The SMILES string of the molecule is CCC(C)CNC(C)C1CCCC1. The topological polar surface area (TPSA) is 12.0 Å². The standard InChI is InChI=1S/C12H25N/c1-4-10(2)9-13-11(3)12-7-5-6-8-12/h10-13H,4-9H2,1-3H3. The Hall–Kier alpha value is -0.0400. The van der Waals surface area contributed by atoms with Gasteiger partial charge in [0, 0.05) is 6.04 Å². The minimum absolute atomic E-state index is 0.747. The largest absolute Gasteiger partial charge is 0.314 e. The van der Waals surface area contributed by atoms with E-state index in [0.29, 0.717) is 0 Å². The minimum Gasteiger partial charge on any atom is -0.314 e. The lowest BCUT2D eigenvalue weighted by Gasteiger charge is -2.22. The van der Waals surface area contributed by atoms with Gasteiger partial charge >= 0.3 is 0 Å². The van der Waals surface area contributed by atoms with E-state index in [1.165, 1.54) is 38.6 Å². The van der Waals surface area contributed by atoms with Crippen molar-refractivity contribution in [3.8, 4) is 0 Å². The van der Waals surface area contributed by atoms with Gasteiger partial charge in [-0.25, -0.2) is 0 Å². The normalized spacial score (nSPS) is 23.3. The Balaban J connectivity index is 2.12. The molecule has 2 atom stereocenters. The lowest BCUT2D eigenvalue weighted by molar-refractivity contribution is 0.355. The second kappa shape index (κ2) is 5.64. The lowest BCUT2D eigenvalue weighted by Crippen LogP contribution is -2.35. The predicted molar refractivity (Wildman–Crippen MR) is 58.9 cm³/mol. The summed E-state index contributed by atoms with van der Waals surface area (Å²) in [4.78, 5) is 0. The van der Waals surface area contributed by atoms with Crippen molar-refractivity contribution in [1.82, 2.24) is 5.32 Å². The van der Waals surface area contributed by atoms with Crippen LogP contribution in [0.4, 0.5) is 0 Å². The minimum atomic E-state index is 0.747. The Morgan fingerprint density at radius 3 is 2.38 bits per heavy atom. The molecule has 1 saturated carbocycles. The van der Waals surface area contributed by atoms with E-state index in [4.69, 9.17) is 0 Å². The highest BCUT2D eigenvalue weighted by molar-refractivity contribution is 4.77. The van der Waals surface area contributed by atoms with Crippen molar-refractivity contribution in [2.75, 3.05) is 6.54 Å². The first-order chi connectivity index (χ1) is 6.24. The third-order valence-electron chi connectivity index (χ3n) is 3.59. The molecule has 0 amide bonds. The van der Waals surface area contributed by atoms with Crippen LogP contribution < -0.4 is 5.32 Å². The Kier molecular flexibility index (Phi) is 4.79. The van der Waals surface area contributed by atoms with Crippen LogP contribution in [0.3, 0.4) is 0 Å². The fraction of sp³-hybridized carbons (Fsp3) is 1.00. The van der Waals surface area contributed by atoms with Crippen molar-refractivity contribution < 1.29 is 0 Å². The van der Waals surface area contributed by atoms with Gasteiger partial charge in [0.1, 0.15) is 0 Å². The maximum absolute atomic E-state index is 3.68. The summed E-state index contributed by atoms with van der Waals surface area (Å²) >= 11 is 0. The van der Waals surface area contributed by atoms with E-state index in [0.717, 1.165) is 17.9 Å². The maximum Gasteiger partial charge on any atom is 0.00671 e. The summed E-state index contributed by atoms with van der Waals surface area (Å²) in [6, 6.07) is 0.747. The summed E-state index contributed by atoms with van der Waals surface area (Å²) < 4.78 is 0. The van der Waals surface area contributed by atoms with Crippen molar-refractivity contribution in [3.63, 3.8) is 0 Å². The highest BCUT2D eigenvalue weighted by atomic mass is 14.9. The predicted octanol–water partition coefficient (Wildman–Crippen LogP) is 3.20. The number of rotatable bonds is 5. The van der Waals surface area contributed by atoms with Gasteiger partial charge in [0.15, 0.2) is 0 Å². The van der Waals surface area contributed by atoms with Gasteiger partial charge in [0.2, 0.25) is 0 Å². The molecular weight excluding hydrogens is 158 g/mol. The van der Waals surface area contributed by atoms with Crippen LogP contribution >= 0.6 is 0 Å². The lowest BCUT2D eigenvalue weighted by atomic mass is 9.99. The fourth-order valence-corrected chi connectivity index (χ4v) is 2.16. The second-order valence-electron chi connectivity index (χ2n) is 4.75. The van der Waals surface area contributed by atoms with Crippen molar-refractivity contribution >= 4 is 0 Å². The molecule has 0 saturated heterocycles. The molecule has 2 unspecified atom stereocenters. The Bertz CT molecular complexity index is 127. The molecular formula is C12H25N. The van der Waals surface area contributed by atoms with Gasteiger partial charge in [-0.1, -0.05) is 33.1 Å². The summed E-state index contributed by atoms with van der Waals surface area (Å²) in [7, 11) is 0. The molecule has 1 heteroatoms. The van der Waals surface area contributed by atoms with E-state index in [-0.39, 0.29) is 0 Å². The van der Waals surface area contributed by atoms with Crippen molar-refractivity contribution in [1.29, 1.82) is 0 Å². The Labute approximate surface area is 83.3 Å². The van der Waals surface area contributed by atoms with E-state index in [9.17, 15) is 0 Å². The molecule has 0 aromatic rings. The molecule has 13 heavy (non-hydrogen) atoms. The molecule has 0 aliphatic heterocycles. The first-order valence-electron chi connectivity index (χ1n) is 5.97. The van der Waals surface area contributed by atoms with Crippen molar-refractivity contribution in [3.05, 3.63) is 0 Å². The maximum atomic E-state index is 3.68. The molecule has 1 aliphatic carbocycles. The highest BCUT2D eigenvalue weighted by Gasteiger charge is 2.20. The molecule has 1 fully saturated rings.